The molecule has 2 aromatic carbocycles. The van der Waals surface area contributed by atoms with Gasteiger partial charge in [-0.25, -0.2) is 4.90 Å². The van der Waals surface area contributed by atoms with E-state index in [0.717, 1.165) is 17.0 Å². The summed E-state index contributed by atoms with van der Waals surface area (Å²) in [6.45, 7) is 5.27. The summed E-state index contributed by atoms with van der Waals surface area (Å²) in [5.41, 5.74) is 0.295. The molecule has 6 rings (SSSR count). The van der Waals surface area contributed by atoms with Crippen molar-refractivity contribution >= 4 is 46.1 Å². The lowest BCUT2D eigenvalue weighted by atomic mass is 9.59. The number of rotatable bonds is 7. The Labute approximate surface area is 268 Å². The van der Waals surface area contributed by atoms with Crippen molar-refractivity contribution in [1.82, 2.24) is 0 Å². The van der Waals surface area contributed by atoms with E-state index in [9.17, 15) is 44.5 Å². The van der Waals surface area contributed by atoms with Gasteiger partial charge in [-0.3, -0.25) is 39.4 Å². The van der Waals surface area contributed by atoms with E-state index in [4.69, 9.17) is 0 Å². The maximum Gasteiger partial charge on any atom is 0.301 e. The summed E-state index contributed by atoms with van der Waals surface area (Å²) in [4.78, 5) is 79.7. The molecule has 2 amide bonds. The predicted molar refractivity (Wildman–Crippen MR) is 170 cm³/mol. The number of benzene rings is 2. The number of para-hydroxylation sites is 1. The van der Waals surface area contributed by atoms with Gasteiger partial charge >= 0.3 is 11.4 Å². The van der Waals surface area contributed by atoms with Crippen LogP contribution in [0.25, 0.3) is 0 Å². The van der Waals surface area contributed by atoms with Gasteiger partial charge in [-0.05, 0) is 43.7 Å². The number of ketones is 2. The fourth-order valence-corrected chi connectivity index (χ4v) is 7.61. The molecule has 1 fully saturated rings. The van der Waals surface area contributed by atoms with Crippen molar-refractivity contribution in [2.45, 2.75) is 32.1 Å². The van der Waals surface area contributed by atoms with Gasteiger partial charge in [0.2, 0.25) is 11.8 Å². The molecule has 0 bridgehead atoms. The van der Waals surface area contributed by atoms with E-state index in [1.165, 1.54) is 32.0 Å². The third-order valence-corrected chi connectivity index (χ3v) is 9.54. The first-order valence-electron chi connectivity index (χ1n) is 14.9. The Morgan fingerprint density at radius 3 is 2.30 bits per heavy atom. The van der Waals surface area contributed by atoms with Crippen LogP contribution in [0, 0.1) is 38.0 Å². The normalized spacial score (nSPS) is 23.5. The van der Waals surface area contributed by atoms with Crippen molar-refractivity contribution in [3.8, 4) is 5.75 Å². The molecule has 0 unspecified atom stereocenters. The van der Waals surface area contributed by atoms with E-state index in [1.54, 1.807) is 30.4 Å². The Bertz CT molecular complexity index is 1920. The molecule has 240 valence electrons. The minimum atomic E-state index is -1.03. The molecule has 2 aromatic rings. The molecule has 0 spiro atoms. The van der Waals surface area contributed by atoms with Gasteiger partial charge in [0.25, 0.3) is 0 Å². The molecule has 13 heteroatoms. The molecule has 4 aliphatic rings. The Morgan fingerprint density at radius 1 is 1.04 bits per heavy atom. The van der Waals surface area contributed by atoms with Crippen LogP contribution in [0.1, 0.15) is 36.8 Å². The highest BCUT2D eigenvalue weighted by Crippen LogP contribution is 2.57. The molecule has 0 radical (unpaired) electrons. The molecular formula is C34H30N4O9. The standard InChI is InChI=1S/C34H30N4O9/c1-5-7-17-8-6-9-20(32(17)41)27-19-10-11-21-28(22(19)15-23-29(27)26(39)12-16(2)31(23)40)34(43)36(33(21)42)18-13-24(37(44)45)30(35(3)4)25(14-18)38(46)47/h5-6,8-10,12-14,21-22,27-28,41H,1,7,11,15H2,2-4H3/t21-,22+,27+,28-/m0/s1. The van der Waals surface area contributed by atoms with Crippen LogP contribution in [-0.2, 0) is 25.6 Å². The SMILES string of the molecule is C=CCc1cccc([C@H]2C3=CC[C@@H]4C(=O)N(c5cc([N+](=O)[O-])c(N(C)C)c([N+](=O)[O-])c5)C(=O)[C@@H]4[C@@H]3CC3=C2C(=O)C=C(C)C3=O)c1O. The number of imide groups is 1. The summed E-state index contributed by atoms with van der Waals surface area (Å²) in [5.74, 6) is -5.79. The average Bonchev–Trinajstić information content (AvgIpc) is 3.28. The largest absolute Gasteiger partial charge is 0.507 e. The van der Waals surface area contributed by atoms with E-state index < -0.39 is 56.7 Å². The van der Waals surface area contributed by atoms with E-state index in [-0.39, 0.29) is 58.3 Å². The average molecular weight is 639 g/mol. The van der Waals surface area contributed by atoms with Crippen molar-refractivity contribution in [3.05, 3.63) is 109 Å². The number of nitro benzene ring substituents is 2. The number of aromatic hydroxyl groups is 1. The van der Waals surface area contributed by atoms with E-state index in [2.05, 4.69) is 6.58 Å². The lowest BCUT2D eigenvalue weighted by Gasteiger charge is -2.42. The lowest BCUT2D eigenvalue weighted by Crippen LogP contribution is -2.39. The van der Waals surface area contributed by atoms with Gasteiger partial charge in [0, 0.05) is 54.4 Å². The monoisotopic (exact) mass is 638 g/mol. The number of carbonyl (C=O) groups is 4. The maximum absolute atomic E-state index is 14.3. The van der Waals surface area contributed by atoms with Crippen molar-refractivity contribution in [2.24, 2.45) is 17.8 Å². The van der Waals surface area contributed by atoms with Crippen LogP contribution in [0.2, 0.25) is 0 Å². The first kappa shape index (κ1) is 31.3. The minimum Gasteiger partial charge on any atom is -0.507 e. The number of phenolic OH excluding ortho intramolecular Hbond substituents is 1. The summed E-state index contributed by atoms with van der Waals surface area (Å²) in [6.07, 6.45) is 5.06. The number of hydrogen-bond donors (Lipinski definition) is 1. The number of fused-ring (bicyclic) bond motifs is 3. The Balaban J connectivity index is 1.50. The second-order valence-electron chi connectivity index (χ2n) is 12.3. The van der Waals surface area contributed by atoms with E-state index >= 15 is 0 Å². The first-order valence-corrected chi connectivity index (χ1v) is 14.9. The number of allylic oxidation sites excluding steroid dienone is 7. The summed E-state index contributed by atoms with van der Waals surface area (Å²) in [7, 11) is 2.81. The Morgan fingerprint density at radius 2 is 1.70 bits per heavy atom. The number of Topliss-reactive ketones (excluding diaryl/α,β-unsaturated/α-hetero) is 1. The van der Waals surface area contributed by atoms with Gasteiger partial charge in [-0.2, -0.15) is 0 Å². The Hall–Kier alpha value is -5.72. The summed E-state index contributed by atoms with van der Waals surface area (Å²) in [5, 5.41) is 35.4. The fourth-order valence-electron chi connectivity index (χ4n) is 7.61. The highest BCUT2D eigenvalue weighted by molar-refractivity contribution is 6.25. The molecule has 0 aromatic heterocycles. The molecule has 13 nitrogen and oxygen atoms in total. The van der Waals surface area contributed by atoms with Crippen LogP contribution in [0.4, 0.5) is 22.7 Å². The topological polar surface area (TPSA) is 181 Å². The van der Waals surface area contributed by atoms with E-state index in [0.29, 0.717) is 23.1 Å². The smallest absolute Gasteiger partial charge is 0.301 e. The van der Waals surface area contributed by atoms with Crippen molar-refractivity contribution in [3.63, 3.8) is 0 Å². The highest BCUT2D eigenvalue weighted by atomic mass is 16.6. The molecule has 0 saturated carbocycles. The van der Waals surface area contributed by atoms with Crippen LogP contribution in [0.5, 0.6) is 5.75 Å². The molecule has 4 atom stereocenters. The zero-order valence-corrected chi connectivity index (χ0v) is 25.8. The second kappa shape index (κ2) is 11.3. The number of hydrogen-bond acceptors (Lipinski definition) is 10. The number of phenols is 1. The molecule has 3 aliphatic carbocycles. The molecule has 1 aliphatic heterocycles. The number of nitro groups is 2. The molecular weight excluding hydrogens is 608 g/mol. The van der Waals surface area contributed by atoms with Crippen molar-refractivity contribution in [2.75, 3.05) is 23.9 Å². The van der Waals surface area contributed by atoms with Crippen LogP contribution in [0.3, 0.4) is 0 Å². The van der Waals surface area contributed by atoms with Gasteiger partial charge in [-0.1, -0.05) is 35.9 Å². The quantitative estimate of drug-likeness (QED) is 0.148. The van der Waals surface area contributed by atoms with Gasteiger partial charge in [0.05, 0.1) is 27.4 Å². The Kier molecular flexibility index (Phi) is 7.49. The number of nitrogens with zero attached hydrogens (tertiary/aromatic N) is 4. The predicted octanol–water partition coefficient (Wildman–Crippen LogP) is 4.64. The van der Waals surface area contributed by atoms with Gasteiger partial charge in [0.1, 0.15) is 5.75 Å². The molecule has 1 saturated heterocycles. The number of carbonyl (C=O) groups excluding carboxylic acids is 4. The maximum atomic E-state index is 14.3. The zero-order valence-electron chi connectivity index (χ0n) is 25.8. The molecule has 1 N–H and O–H groups in total. The van der Waals surface area contributed by atoms with Crippen molar-refractivity contribution in [1.29, 1.82) is 0 Å². The molecule has 47 heavy (non-hydrogen) atoms. The summed E-state index contributed by atoms with van der Waals surface area (Å²) < 4.78 is 0. The summed E-state index contributed by atoms with van der Waals surface area (Å²) >= 11 is 0. The molecule has 1 heterocycles. The second-order valence-corrected chi connectivity index (χ2v) is 12.3. The van der Waals surface area contributed by atoms with Crippen LogP contribution in [-0.4, -0.2) is 52.4 Å². The van der Waals surface area contributed by atoms with Gasteiger partial charge in [0.15, 0.2) is 17.3 Å². The number of anilines is 2. The third kappa shape index (κ3) is 4.68. The van der Waals surface area contributed by atoms with E-state index in [1.807, 2.05) is 0 Å². The summed E-state index contributed by atoms with van der Waals surface area (Å²) in [6, 6.07) is 7.07. The van der Waals surface area contributed by atoms with Gasteiger partial charge in [-0.15, -0.1) is 6.58 Å². The number of amides is 2. The first-order chi connectivity index (χ1) is 22.3. The van der Waals surface area contributed by atoms with Crippen LogP contribution in [0.15, 0.2) is 77.4 Å². The van der Waals surface area contributed by atoms with Crippen LogP contribution >= 0.6 is 0 Å². The van der Waals surface area contributed by atoms with Crippen molar-refractivity contribution < 1.29 is 34.1 Å². The van der Waals surface area contributed by atoms with Gasteiger partial charge < -0.3 is 10.0 Å². The highest BCUT2D eigenvalue weighted by Gasteiger charge is 2.57. The third-order valence-electron chi connectivity index (χ3n) is 9.54. The zero-order chi connectivity index (χ0) is 34.1. The minimum absolute atomic E-state index is 0.0194. The van der Waals surface area contributed by atoms with Crippen LogP contribution < -0.4 is 9.80 Å². The fraction of sp³-hybridized carbons (Fsp3) is 0.294. The lowest BCUT2D eigenvalue weighted by molar-refractivity contribution is -0.392.